The molecule has 122 valence electrons. The molecule has 0 fully saturated rings. The van der Waals surface area contributed by atoms with Gasteiger partial charge in [0.15, 0.2) is 0 Å². The summed E-state index contributed by atoms with van der Waals surface area (Å²) in [5, 5.41) is 3.66. The summed E-state index contributed by atoms with van der Waals surface area (Å²) in [6.07, 6.45) is 3.23. The maximum atomic E-state index is 12.2. The molecule has 2 aromatic rings. The van der Waals surface area contributed by atoms with E-state index in [1.807, 2.05) is 0 Å². The Morgan fingerprint density at radius 3 is 2.83 bits per heavy atom. The molecule has 0 radical (unpaired) electrons. The van der Waals surface area contributed by atoms with Crippen LogP contribution >= 0.6 is 23.2 Å². The average molecular weight is 354 g/mol. The van der Waals surface area contributed by atoms with E-state index >= 15 is 0 Å². The van der Waals surface area contributed by atoms with Crippen LogP contribution in [0.1, 0.15) is 23.2 Å². The monoisotopic (exact) mass is 353 g/mol. The van der Waals surface area contributed by atoms with Crippen molar-refractivity contribution in [2.75, 3.05) is 13.1 Å². The zero-order chi connectivity index (χ0) is 16.7. The Labute approximate surface area is 144 Å². The van der Waals surface area contributed by atoms with Crippen molar-refractivity contribution in [1.29, 1.82) is 0 Å². The van der Waals surface area contributed by atoms with E-state index in [-0.39, 0.29) is 11.8 Å². The number of pyridine rings is 1. The predicted molar refractivity (Wildman–Crippen MR) is 91.4 cm³/mol. The van der Waals surface area contributed by atoms with Crippen LogP contribution in [0.4, 0.5) is 0 Å². The van der Waals surface area contributed by atoms with Gasteiger partial charge < -0.3 is 15.8 Å². The molecule has 0 aliphatic heterocycles. The van der Waals surface area contributed by atoms with Crippen molar-refractivity contribution in [1.82, 2.24) is 10.3 Å². The van der Waals surface area contributed by atoms with Crippen LogP contribution in [-0.2, 0) is 0 Å². The summed E-state index contributed by atoms with van der Waals surface area (Å²) in [7, 11) is 0. The molecule has 3 N–H and O–H groups in total. The highest BCUT2D eigenvalue weighted by Gasteiger charge is 2.15. The Balaban J connectivity index is 2.12. The van der Waals surface area contributed by atoms with Crippen molar-refractivity contribution in [3.05, 3.63) is 52.1 Å². The van der Waals surface area contributed by atoms with Crippen LogP contribution < -0.4 is 15.8 Å². The highest BCUT2D eigenvalue weighted by atomic mass is 35.5. The molecule has 0 saturated carbocycles. The molecule has 0 aliphatic carbocycles. The summed E-state index contributed by atoms with van der Waals surface area (Å²) in [4.78, 5) is 16.3. The molecule has 5 nitrogen and oxygen atoms in total. The van der Waals surface area contributed by atoms with Gasteiger partial charge in [0.05, 0.1) is 5.02 Å². The van der Waals surface area contributed by atoms with Gasteiger partial charge in [0.25, 0.3) is 5.91 Å². The lowest BCUT2D eigenvalue weighted by Crippen LogP contribution is -2.25. The largest absolute Gasteiger partial charge is 0.437 e. The Morgan fingerprint density at radius 1 is 1.26 bits per heavy atom. The number of ether oxygens (including phenoxy) is 1. The minimum atomic E-state index is -0.254. The molecule has 0 bridgehead atoms. The number of carbonyl (C=O) groups is 1. The molecular weight excluding hydrogens is 337 g/mol. The maximum absolute atomic E-state index is 12.2. The second-order valence-electron chi connectivity index (χ2n) is 4.78. The van der Waals surface area contributed by atoms with Crippen molar-refractivity contribution < 1.29 is 9.53 Å². The first-order valence-electron chi connectivity index (χ1n) is 7.18. The lowest BCUT2D eigenvalue weighted by Gasteiger charge is -2.11. The second-order valence-corrected chi connectivity index (χ2v) is 5.63. The summed E-state index contributed by atoms with van der Waals surface area (Å²) in [5.74, 6) is 0.315. The van der Waals surface area contributed by atoms with Gasteiger partial charge in [-0.3, -0.25) is 4.79 Å². The number of nitrogens with two attached hydrogens (primary N) is 1. The number of unbranched alkanes of at least 4 members (excludes halogenated alkanes) is 1. The fourth-order valence-electron chi connectivity index (χ4n) is 1.87. The fourth-order valence-corrected chi connectivity index (χ4v) is 2.32. The van der Waals surface area contributed by atoms with Crippen molar-refractivity contribution >= 4 is 29.1 Å². The Kier molecular flexibility index (Phi) is 6.65. The van der Waals surface area contributed by atoms with Gasteiger partial charge in [0.1, 0.15) is 11.3 Å². The number of amides is 1. The molecule has 7 heteroatoms. The summed E-state index contributed by atoms with van der Waals surface area (Å²) in [6.45, 7) is 1.15. The van der Waals surface area contributed by atoms with Crippen molar-refractivity contribution in [3.63, 3.8) is 0 Å². The van der Waals surface area contributed by atoms with Gasteiger partial charge >= 0.3 is 0 Å². The van der Waals surface area contributed by atoms with E-state index < -0.39 is 0 Å². The van der Waals surface area contributed by atoms with Crippen LogP contribution in [0.2, 0.25) is 10.0 Å². The molecule has 1 heterocycles. The molecule has 0 atom stereocenters. The van der Waals surface area contributed by atoms with Gasteiger partial charge in [-0.2, -0.15) is 0 Å². The minimum Gasteiger partial charge on any atom is -0.437 e. The van der Waals surface area contributed by atoms with Crippen LogP contribution in [0.15, 0.2) is 36.5 Å². The number of hydrogen-bond acceptors (Lipinski definition) is 4. The van der Waals surface area contributed by atoms with Gasteiger partial charge in [-0.05, 0) is 49.7 Å². The van der Waals surface area contributed by atoms with E-state index in [9.17, 15) is 4.79 Å². The smallest absolute Gasteiger partial charge is 0.256 e. The van der Waals surface area contributed by atoms with Crippen LogP contribution in [0.3, 0.4) is 0 Å². The Hall–Kier alpha value is -1.82. The van der Waals surface area contributed by atoms with Crippen molar-refractivity contribution in [2.24, 2.45) is 5.73 Å². The normalized spacial score (nSPS) is 10.4. The quantitative estimate of drug-likeness (QED) is 0.744. The topological polar surface area (TPSA) is 77.2 Å². The molecular formula is C16H17Cl2N3O2. The van der Waals surface area contributed by atoms with E-state index in [1.165, 1.54) is 0 Å². The third kappa shape index (κ3) is 5.10. The third-order valence-corrected chi connectivity index (χ3v) is 3.56. The van der Waals surface area contributed by atoms with E-state index in [1.54, 1.807) is 36.5 Å². The maximum Gasteiger partial charge on any atom is 0.256 e. The van der Waals surface area contributed by atoms with E-state index in [2.05, 4.69) is 10.3 Å². The molecule has 0 spiro atoms. The fraction of sp³-hybridized carbons (Fsp3) is 0.250. The summed E-state index contributed by atoms with van der Waals surface area (Å²) in [5.41, 5.74) is 5.77. The van der Waals surface area contributed by atoms with E-state index in [0.717, 1.165) is 12.8 Å². The van der Waals surface area contributed by atoms with Crippen LogP contribution in [-0.4, -0.2) is 24.0 Å². The van der Waals surface area contributed by atoms with Gasteiger partial charge in [-0.25, -0.2) is 4.98 Å². The third-order valence-electron chi connectivity index (χ3n) is 3.03. The number of nitrogens with zero attached hydrogens (tertiary/aromatic N) is 1. The molecule has 23 heavy (non-hydrogen) atoms. The highest BCUT2D eigenvalue weighted by molar-refractivity contribution is 6.35. The molecule has 1 amide bonds. The number of nitrogens with one attached hydrogen (secondary N) is 1. The number of halogens is 2. The van der Waals surface area contributed by atoms with E-state index in [0.29, 0.717) is 34.4 Å². The van der Waals surface area contributed by atoms with Crippen LogP contribution in [0, 0.1) is 0 Å². The number of rotatable bonds is 7. The minimum absolute atomic E-state index is 0.188. The first-order valence-corrected chi connectivity index (χ1v) is 7.93. The molecule has 2 rings (SSSR count). The standard InChI is InChI=1S/C16H17Cl2N3O2/c17-11-5-6-14(13(18)10-11)23-16-12(4-3-9-21-16)15(22)20-8-2-1-7-19/h3-6,9-10H,1-2,7-8,19H2,(H,20,22). The van der Waals surface area contributed by atoms with E-state index in [4.69, 9.17) is 33.7 Å². The van der Waals surface area contributed by atoms with Crippen molar-refractivity contribution in [2.45, 2.75) is 12.8 Å². The van der Waals surface area contributed by atoms with Crippen LogP contribution in [0.5, 0.6) is 11.6 Å². The van der Waals surface area contributed by atoms with Gasteiger partial charge in [-0.15, -0.1) is 0 Å². The van der Waals surface area contributed by atoms with Crippen LogP contribution in [0.25, 0.3) is 0 Å². The number of hydrogen-bond donors (Lipinski definition) is 2. The SMILES string of the molecule is NCCCCNC(=O)c1cccnc1Oc1ccc(Cl)cc1Cl. The predicted octanol–water partition coefficient (Wildman–Crippen LogP) is 3.65. The lowest BCUT2D eigenvalue weighted by molar-refractivity contribution is 0.0950. The molecule has 0 saturated heterocycles. The first-order chi connectivity index (χ1) is 11.1. The summed E-state index contributed by atoms with van der Waals surface area (Å²) in [6, 6.07) is 8.16. The molecule has 0 aliphatic rings. The van der Waals surface area contributed by atoms with Gasteiger partial charge in [0.2, 0.25) is 5.88 Å². The summed E-state index contributed by atoms with van der Waals surface area (Å²) < 4.78 is 5.66. The highest BCUT2D eigenvalue weighted by Crippen LogP contribution is 2.31. The van der Waals surface area contributed by atoms with Gasteiger partial charge in [-0.1, -0.05) is 23.2 Å². The average Bonchev–Trinajstić information content (AvgIpc) is 2.54. The Morgan fingerprint density at radius 2 is 2.09 bits per heavy atom. The lowest BCUT2D eigenvalue weighted by atomic mass is 10.2. The zero-order valence-corrected chi connectivity index (χ0v) is 13.9. The first kappa shape index (κ1) is 17.5. The van der Waals surface area contributed by atoms with Crippen molar-refractivity contribution in [3.8, 4) is 11.6 Å². The number of carbonyl (C=O) groups excluding carboxylic acids is 1. The molecule has 1 aromatic carbocycles. The van der Waals surface area contributed by atoms with Gasteiger partial charge in [0, 0.05) is 17.8 Å². The summed E-state index contributed by atoms with van der Waals surface area (Å²) >= 11 is 11.9. The Bertz CT molecular complexity index is 680. The number of aromatic nitrogens is 1. The molecule has 1 aromatic heterocycles. The molecule has 0 unspecified atom stereocenters. The second kappa shape index (κ2) is 8.72. The number of benzene rings is 1. The zero-order valence-electron chi connectivity index (χ0n) is 12.4.